The van der Waals surface area contributed by atoms with Gasteiger partial charge in [0.1, 0.15) is 12.4 Å². The SMILES string of the molecule is Cc1cc(C#CCO)cc(=O)o1. The van der Waals surface area contributed by atoms with Crippen molar-refractivity contribution in [3.05, 3.63) is 33.9 Å². The maximum Gasteiger partial charge on any atom is 0.337 e. The molecule has 62 valence electrons. The lowest BCUT2D eigenvalue weighted by Crippen LogP contribution is -1.98. The Morgan fingerprint density at radius 3 is 2.92 bits per heavy atom. The Hall–Kier alpha value is -1.53. The van der Waals surface area contributed by atoms with Crippen LogP contribution in [0.15, 0.2) is 21.3 Å². The molecule has 12 heavy (non-hydrogen) atoms. The van der Waals surface area contributed by atoms with Crippen molar-refractivity contribution in [1.82, 2.24) is 0 Å². The van der Waals surface area contributed by atoms with Gasteiger partial charge in [0.15, 0.2) is 0 Å². The number of aliphatic hydroxyl groups excluding tert-OH is 1. The minimum Gasteiger partial charge on any atom is -0.428 e. The highest BCUT2D eigenvalue weighted by molar-refractivity contribution is 5.32. The van der Waals surface area contributed by atoms with E-state index >= 15 is 0 Å². The van der Waals surface area contributed by atoms with Crippen molar-refractivity contribution in [1.29, 1.82) is 0 Å². The van der Waals surface area contributed by atoms with Crippen molar-refractivity contribution in [2.75, 3.05) is 6.61 Å². The quantitative estimate of drug-likeness (QED) is 0.561. The molecule has 0 fully saturated rings. The van der Waals surface area contributed by atoms with E-state index in [1.54, 1.807) is 13.0 Å². The van der Waals surface area contributed by atoms with Gasteiger partial charge >= 0.3 is 5.63 Å². The van der Waals surface area contributed by atoms with Crippen molar-refractivity contribution in [3.8, 4) is 11.8 Å². The van der Waals surface area contributed by atoms with Gasteiger partial charge in [-0.15, -0.1) is 0 Å². The average molecular weight is 164 g/mol. The number of hydrogen-bond donors (Lipinski definition) is 1. The minimum atomic E-state index is -0.419. The van der Waals surface area contributed by atoms with E-state index in [1.807, 2.05) is 0 Å². The maximum atomic E-state index is 10.8. The number of rotatable bonds is 0. The first-order valence-corrected chi connectivity index (χ1v) is 3.44. The molecule has 0 amide bonds. The summed E-state index contributed by atoms with van der Waals surface area (Å²) in [5.41, 5.74) is 0.148. The fourth-order valence-corrected chi connectivity index (χ4v) is 0.819. The van der Waals surface area contributed by atoms with Crippen LogP contribution in [0.4, 0.5) is 0 Å². The molecule has 1 aromatic heterocycles. The molecular weight excluding hydrogens is 156 g/mol. The molecule has 0 aromatic carbocycles. The van der Waals surface area contributed by atoms with Gasteiger partial charge in [-0.1, -0.05) is 11.8 Å². The molecule has 3 nitrogen and oxygen atoms in total. The Kier molecular flexibility index (Phi) is 2.67. The summed E-state index contributed by atoms with van der Waals surface area (Å²) in [6.45, 7) is 1.46. The van der Waals surface area contributed by atoms with Crippen LogP contribution in [-0.2, 0) is 0 Å². The fourth-order valence-electron chi connectivity index (χ4n) is 0.819. The molecule has 0 aliphatic rings. The molecule has 0 saturated carbocycles. The molecular formula is C9H8O3. The van der Waals surface area contributed by atoms with E-state index in [4.69, 9.17) is 9.52 Å². The van der Waals surface area contributed by atoms with Gasteiger partial charge in [0.25, 0.3) is 0 Å². The van der Waals surface area contributed by atoms with Crippen molar-refractivity contribution in [2.45, 2.75) is 6.92 Å². The Morgan fingerprint density at radius 2 is 2.33 bits per heavy atom. The summed E-state index contributed by atoms with van der Waals surface area (Å²) in [6, 6.07) is 2.93. The summed E-state index contributed by atoms with van der Waals surface area (Å²) in [4.78, 5) is 10.8. The van der Waals surface area contributed by atoms with Crippen molar-refractivity contribution >= 4 is 0 Å². The van der Waals surface area contributed by atoms with Crippen LogP contribution in [0.5, 0.6) is 0 Å². The van der Waals surface area contributed by atoms with Gasteiger partial charge in [-0.2, -0.15) is 0 Å². The first kappa shape index (κ1) is 8.57. The molecule has 0 spiro atoms. The molecule has 1 heterocycles. The van der Waals surface area contributed by atoms with Gasteiger partial charge < -0.3 is 9.52 Å². The summed E-state index contributed by atoms with van der Waals surface area (Å²) in [5, 5.41) is 8.39. The van der Waals surface area contributed by atoms with Gasteiger partial charge in [0.05, 0.1) is 0 Å². The van der Waals surface area contributed by atoms with Crippen LogP contribution in [0.3, 0.4) is 0 Å². The van der Waals surface area contributed by atoms with Crippen LogP contribution in [0.2, 0.25) is 0 Å². The fraction of sp³-hybridized carbons (Fsp3) is 0.222. The third kappa shape index (κ3) is 2.26. The van der Waals surface area contributed by atoms with Gasteiger partial charge in [-0.25, -0.2) is 4.79 Å². The van der Waals surface area contributed by atoms with Gasteiger partial charge in [0.2, 0.25) is 0 Å². The van der Waals surface area contributed by atoms with E-state index in [2.05, 4.69) is 11.8 Å². The predicted molar refractivity (Wildman–Crippen MR) is 43.7 cm³/mol. The molecule has 3 heteroatoms. The summed E-state index contributed by atoms with van der Waals surface area (Å²) >= 11 is 0. The third-order valence-corrected chi connectivity index (χ3v) is 1.21. The van der Waals surface area contributed by atoms with Crippen molar-refractivity contribution in [2.24, 2.45) is 0 Å². The molecule has 0 bridgehead atoms. The van der Waals surface area contributed by atoms with E-state index < -0.39 is 5.63 Å². The zero-order chi connectivity index (χ0) is 8.97. The van der Waals surface area contributed by atoms with Crippen LogP contribution in [0.25, 0.3) is 0 Å². The lowest BCUT2D eigenvalue weighted by molar-refractivity contribution is 0.350. The Balaban J connectivity index is 3.09. The molecule has 0 radical (unpaired) electrons. The van der Waals surface area contributed by atoms with Crippen LogP contribution in [-0.4, -0.2) is 11.7 Å². The first-order valence-electron chi connectivity index (χ1n) is 3.44. The normalized spacial score (nSPS) is 8.83. The zero-order valence-corrected chi connectivity index (χ0v) is 6.63. The second-order valence-electron chi connectivity index (χ2n) is 2.24. The highest BCUT2D eigenvalue weighted by Gasteiger charge is 1.93. The van der Waals surface area contributed by atoms with Crippen molar-refractivity contribution < 1.29 is 9.52 Å². The summed E-state index contributed by atoms with van der Waals surface area (Å²) in [7, 11) is 0. The zero-order valence-electron chi connectivity index (χ0n) is 6.63. The lowest BCUT2D eigenvalue weighted by atomic mass is 10.2. The van der Waals surface area contributed by atoms with Crippen LogP contribution in [0, 0.1) is 18.8 Å². The number of aliphatic hydroxyl groups is 1. The van der Waals surface area contributed by atoms with E-state index in [0.717, 1.165) is 0 Å². The monoisotopic (exact) mass is 164 g/mol. The summed E-state index contributed by atoms with van der Waals surface area (Å²) in [5.74, 6) is 5.58. The molecule has 1 rings (SSSR count). The predicted octanol–water partition coefficient (Wildman–Crippen LogP) is 0.292. The molecule has 0 aliphatic heterocycles. The standard InChI is InChI=1S/C9H8O3/c1-7-5-8(3-2-4-10)6-9(11)12-7/h5-6,10H,4H2,1H3. The molecule has 0 unspecified atom stereocenters. The van der Waals surface area contributed by atoms with Crippen LogP contribution >= 0.6 is 0 Å². The van der Waals surface area contributed by atoms with Crippen LogP contribution < -0.4 is 5.63 Å². The van der Waals surface area contributed by atoms with Crippen LogP contribution in [0.1, 0.15) is 11.3 Å². The second-order valence-corrected chi connectivity index (χ2v) is 2.24. The number of aryl methyl sites for hydroxylation is 1. The van der Waals surface area contributed by atoms with E-state index in [9.17, 15) is 4.79 Å². The summed E-state index contributed by atoms with van der Waals surface area (Å²) in [6.07, 6.45) is 0. The third-order valence-electron chi connectivity index (χ3n) is 1.21. The van der Waals surface area contributed by atoms with Crippen molar-refractivity contribution in [3.63, 3.8) is 0 Å². The minimum absolute atomic E-state index is 0.209. The summed E-state index contributed by atoms with van der Waals surface area (Å²) < 4.78 is 4.71. The maximum absolute atomic E-state index is 10.8. The smallest absolute Gasteiger partial charge is 0.337 e. The average Bonchev–Trinajstić information content (AvgIpc) is 1.99. The number of hydrogen-bond acceptors (Lipinski definition) is 3. The molecule has 0 saturated heterocycles. The lowest BCUT2D eigenvalue weighted by Gasteiger charge is -1.90. The van der Waals surface area contributed by atoms with Gasteiger partial charge in [0, 0.05) is 11.6 Å². The van der Waals surface area contributed by atoms with E-state index in [-0.39, 0.29) is 6.61 Å². The first-order chi connectivity index (χ1) is 5.72. The Labute approximate surface area is 69.7 Å². The second kappa shape index (κ2) is 3.74. The highest BCUT2D eigenvalue weighted by Crippen LogP contribution is 1.97. The Morgan fingerprint density at radius 1 is 1.58 bits per heavy atom. The topological polar surface area (TPSA) is 50.4 Å². The largest absolute Gasteiger partial charge is 0.428 e. The van der Waals surface area contributed by atoms with Gasteiger partial charge in [-0.05, 0) is 13.0 Å². The molecule has 0 atom stereocenters. The molecule has 0 aliphatic carbocycles. The van der Waals surface area contributed by atoms with Gasteiger partial charge in [-0.3, -0.25) is 0 Å². The Bertz CT molecular complexity index is 379. The highest BCUT2D eigenvalue weighted by atomic mass is 16.4. The molecule has 1 aromatic rings. The van der Waals surface area contributed by atoms with E-state index in [0.29, 0.717) is 11.3 Å². The molecule has 1 N–H and O–H groups in total. The van der Waals surface area contributed by atoms with E-state index in [1.165, 1.54) is 6.07 Å².